The van der Waals surface area contributed by atoms with E-state index in [0.717, 1.165) is 32.1 Å². The summed E-state index contributed by atoms with van der Waals surface area (Å²) < 4.78 is 38.2. The van der Waals surface area contributed by atoms with Crippen molar-refractivity contribution in [2.75, 3.05) is 33.2 Å². The molecule has 8 heteroatoms. The lowest BCUT2D eigenvalue weighted by molar-refractivity contribution is -0.182. The molecule has 0 aromatic rings. The van der Waals surface area contributed by atoms with Gasteiger partial charge in [-0.05, 0) is 65.0 Å². The van der Waals surface area contributed by atoms with Crippen molar-refractivity contribution >= 4 is 29.9 Å². The van der Waals surface area contributed by atoms with Crippen LogP contribution < -0.4 is 10.6 Å². The van der Waals surface area contributed by atoms with E-state index < -0.39 is 12.1 Å². The number of hydrogen-bond donors (Lipinski definition) is 2. The fourth-order valence-corrected chi connectivity index (χ4v) is 3.72. The molecule has 2 aliphatic rings. The average molecular weight is 476 g/mol. The highest BCUT2D eigenvalue weighted by Gasteiger charge is 2.41. The molecule has 0 spiro atoms. The Morgan fingerprint density at radius 2 is 1.84 bits per heavy atom. The number of aliphatic imine (C=N–C) groups is 1. The molecule has 0 radical (unpaired) electrons. The van der Waals surface area contributed by atoms with E-state index in [0.29, 0.717) is 18.8 Å². The van der Waals surface area contributed by atoms with Crippen LogP contribution in [0.3, 0.4) is 0 Å². The van der Waals surface area contributed by atoms with Crippen LogP contribution in [0.25, 0.3) is 0 Å². The molecule has 1 aliphatic heterocycles. The van der Waals surface area contributed by atoms with Gasteiger partial charge in [0, 0.05) is 25.7 Å². The highest BCUT2D eigenvalue weighted by Crippen LogP contribution is 2.37. The van der Waals surface area contributed by atoms with E-state index in [-0.39, 0.29) is 42.9 Å². The molecule has 0 aromatic carbocycles. The molecule has 1 unspecified atom stereocenters. The molecule has 2 rings (SSSR count). The third-order valence-corrected chi connectivity index (χ3v) is 5.10. The van der Waals surface area contributed by atoms with E-state index in [1.807, 2.05) is 6.92 Å². The van der Waals surface area contributed by atoms with E-state index in [2.05, 4.69) is 27.6 Å². The number of nitrogens with zero attached hydrogens (tertiary/aromatic N) is 2. The number of alkyl halides is 3. The molecular formula is C17H32F3IN4. The molecule has 2 fully saturated rings. The Bertz CT molecular complexity index is 409. The summed E-state index contributed by atoms with van der Waals surface area (Å²) in [4.78, 5) is 7.01. The van der Waals surface area contributed by atoms with Crippen LogP contribution in [0.1, 0.15) is 45.4 Å². The summed E-state index contributed by atoms with van der Waals surface area (Å²) in [5, 5.41) is 6.56. The van der Waals surface area contributed by atoms with Gasteiger partial charge in [-0.15, -0.1) is 24.0 Å². The summed E-state index contributed by atoms with van der Waals surface area (Å²) in [6.45, 7) is 5.76. The van der Waals surface area contributed by atoms with Crippen LogP contribution >= 0.6 is 24.0 Å². The molecule has 4 nitrogen and oxygen atoms in total. The zero-order valence-corrected chi connectivity index (χ0v) is 17.6. The molecule has 1 saturated carbocycles. The second-order valence-corrected chi connectivity index (χ2v) is 7.22. The minimum atomic E-state index is -4.05. The number of guanidine groups is 1. The smallest absolute Gasteiger partial charge is 0.357 e. The van der Waals surface area contributed by atoms with E-state index >= 15 is 0 Å². The second kappa shape index (κ2) is 10.8. The van der Waals surface area contributed by atoms with Crippen molar-refractivity contribution in [1.82, 2.24) is 15.5 Å². The van der Waals surface area contributed by atoms with Gasteiger partial charge in [0.1, 0.15) is 0 Å². The van der Waals surface area contributed by atoms with Gasteiger partial charge in [-0.3, -0.25) is 4.99 Å². The van der Waals surface area contributed by atoms with Gasteiger partial charge in [0.15, 0.2) is 5.96 Å². The summed E-state index contributed by atoms with van der Waals surface area (Å²) in [5.74, 6) is 0.189. The summed E-state index contributed by atoms with van der Waals surface area (Å²) in [7, 11) is 2.14. The minimum absolute atomic E-state index is 0. The maximum Gasteiger partial charge on any atom is 0.391 e. The Morgan fingerprint density at radius 1 is 1.16 bits per heavy atom. The number of rotatable bonds is 4. The molecule has 0 amide bonds. The Kier molecular flexibility index (Phi) is 9.84. The van der Waals surface area contributed by atoms with Crippen molar-refractivity contribution in [2.45, 2.75) is 57.7 Å². The normalized spacial score (nSPS) is 29.0. The minimum Gasteiger partial charge on any atom is -0.357 e. The zero-order valence-electron chi connectivity index (χ0n) is 15.2. The standard InChI is InChI=1S/C17H31F3N4.HI/c1-3-21-16(22-11-13-5-4-10-24(2)12-13)23-15-8-6-14(7-9-15)17(18,19)20;/h13-15H,3-12H2,1-2H3,(H2,21,22,23);1H. The monoisotopic (exact) mass is 476 g/mol. The Balaban J connectivity index is 0.00000312. The Hall–Kier alpha value is -0.250. The van der Waals surface area contributed by atoms with Gasteiger partial charge in [0.2, 0.25) is 0 Å². The predicted molar refractivity (Wildman–Crippen MR) is 107 cm³/mol. The SMILES string of the molecule is CCNC(=NCC1CCCN(C)C1)NC1CCC(C(F)(F)F)CC1.I. The number of piperidine rings is 1. The van der Waals surface area contributed by atoms with E-state index in [9.17, 15) is 13.2 Å². The zero-order chi connectivity index (χ0) is 17.6. The number of hydrogen-bond acceptors (Lipinski definition) is 2. The molecule has 2 N–H and O–H groups in total. The summed E-state index contributed by atoms with van der Waals surface area (Å²) >= 11 is 0. The first-order valence-electron chi connectivity index (χ1n) is 9.18. The van der Waals surface area contributed by atoms with Gasteiger partial charge in [-0.1, -0.05) is 0 Å². The molecule has 1 saturated heterocycles. The molecule has 25 heavy (non-hydrogen) atoms. The molecule has 1 atom stereocenters. The van der Waals surface area contributed by atoms with Gasteiger partial charge < -0.3 is 15.5 Å². The molecule has 148 valence electrons. The van der Waals surface area contributed by atoms with Crippen LogP contribution in [0.15, 0.2) is 4.99 Å². The van der Waals surface area contributed by atoms with Crippen molar-refractivity contribution in [3.05, 3.63) is 0 Å². The van der Waals surface area contributed by atoms with Gasteiger partial charge in [0.05, 0.1) is 5.92 Å². The predicted octanol–water partition coefficient (Wildman–Crippen LogP) is 3.62. The van der Waals surface area contributed by atoms with Gasteiger partial charge in [-0.2, -0.15) is 13.2 Å². The topological polar surface area (TPSA) is 39.7 Å². The molecule has 1 heterocycles. The van der Waals surface area contributed by atoms with E-state index in [1.165, 1.54) is 12.8 Å². The highest BCUT2D eigenvalue weighted by molar-refractivity contribution is 14.0. The lowest BCUT2D eigenvalue weighted by atomic mass is 9.85. The van der Waals surface area contributed by atoms with Crippen molar-refractivity contribution in [3.63, 3.8) is 0 Å². The van der Waals surface area contributed by atoms with Crippen LogP contribution in [-0.2, 0) is 0 Å². The van der Waals surface area contributed by atoms with Crippen LogP contribution in [0.5, 0.6) is 0 Å². The fraction of sp³-hybridized carbons (Fsp3) is 0.941. The third kappa shape index (κ3) is 7.88. The summed E-state index contributed by atoms with van der Waals surface area (Å²) in [5.41, 5.74) is 0. The number of nitrogens with one attached hydrogen (secondary N) is 2. The molecule has 1 aliphatic carbocycles. The summed E-state index contributed by atoms with van der Waals surface area (Å²) in [6.07, 6.45) is -0.0912. The lowest BCUT2D eigenvalue weighted by Crippen LogP contribution is -2.46. The van der Waals surface area contributed by atoms with Crippen molar-refractivity contribution in [3.8, 4) is 0 Å². The average Bonchev–Trinajstić information content (AvgIpc) is 2.52. The maximum absolute atomic E-state index is 12.7. The quantitative estimate of drug-likeness (QED) is 0.370. The van der Waals surface area contributed by atoms with E-state index in [4.69, 9.17) is 0 Å². The molecule has 0 bridgehead atoms. The van der Waals surface area contributed by atoms with Crippen molar-refractivity contribution < 1.29 is 13.2 Å². The highest BCUT2D eigenvalue weighted by atomic mass is 127. The largest absolute Gasteiger partial charge is 0.391 e. The lowest BCUT2D eigenvalue weighted by Gasteiger charge is -2.31. The van der Waals surface area contributed by atoms with Crippen molar-refractivity contribution in [1.29, 1.82) is 0 Å². The Labute approximate surface area is 166 Å². The first-order chi connectivity index (χ1) is 11.4. The first kappa shape index (κ1) is 22.8. The van der Waals surface area contributed by atoms with Gasteiger partial charge in [-0.25, -0.2) is 0 Å². The maximum atomic E-state index is 12.7. The number of halogens is 4. The number of likely N-dealkylation sites (tertiary alicyclic amines) is 1. The van der Waals surface area contributed by atoms with Crippen LogP contribution in [-0.4, -0.2) is 56.3 Å². The van der Waals surface area contributed by atoms with E-state index in [1.54, 1.807) is 0 Å². The fourth-order valence-electron chi connectivity index (χ4n) is 3.72. The second-order valence-electron chi connectivity index (χ2n) is 7.22. The summed E-state index contributed by atoms with van der Waals surface area (Å²) in [6, 6.07) is 0.0930. The molecular weight excluding hydrogens is 444 g/mol. The third-order valence-electron chi connectivity index (χ3n) is 5.10. The van der Waals surface area contributed by atoms with Crippen molar-refractivity contribution in [2.24, 2.45) is 16.8 Å². The van der Waals surface area contributed by atoms with Crippen LogP contribution in [0.2, 0.25) is 0 Å². The van der Waals surface area contributed by atoms with Crippen LogP contribution in [0, 0.1) is 11.8 Å². The Morgan fingerprint density at radius 3 is 2.40 bits per heavy atom. The first-order valence-corrected chi connectivity index (χ1v) is 9.18. The van der Waals surface area contributed by atoms with Crippen LogP contribution in [0.4, 0.5) is 13.2 Å². The van der Waals surface area contributed by atoms with Gasteiger partial charge >= 0.3 is 6.18 Å². The molecule has 0 aromatic heterocycles. The van der Waals surface area contributed by atoms with Gasteiger partial charge in [0.25, 0.3) is 0 Å².